The summed E-state index contributed by atoms with van der Waals surface area (Å²) < 4.78 is 12.7. The molecule has 0 saturated heterocycles. The molecule has 0 aromatic heterocycles. The maximum Gasteiger partial charge on any atom is 0.0514 e. The van der Waals surface area contributed by atoms with Crippen molar-refractivity contribution in [2.24, 2.45) is 5.92 Å². The molecule has 0 aliphatic heterocycles. The Bertz CT molecular complexity index is 451. The molecule has 3 unspecified atom stereocenters. The highest BCUT2D eigenvalue weighted by atomic mass is 32.2. The van der Waals surface area contributed by atoms with Crippen molar-refractivity contribution in [2.45, 2.75) is 57.2 Å². The van der Waals surface area contributed by atoms with Crippen LogP contribution in [0.15, 0.2) is 24.3 Å². The lowest BCUT2D eigenvalue weighted by Crippen LogP contribution is -2.32. The Labute approximate surface area is 132 Å². The third-order valence-electron chi connectivity index (χ3n) is 4.82. The van der Waals surface area contributed by atoms with Gasteiger partial charge in [0, 0.05) is 22.6 Å². The molecule has 0 radical (unpaired) electrons. The van der Waals surface area contributed by atoms with Crippen molar-refractivity contribution in [3.8, 4) is 0 Å². The largest absolute Gasteiger partial charge is 0.312 e. The molecule has 2 rings (SSSR count). The second kappa shape index (κ2) is 8.09. The molecular formula is C18H29NOS. The number of nitrogens with one attached hydrogen (secondary N) is 1. The van der Waals surface area contributed by atoms with Crippen LogP contribution < -0.4 is 5.32 Å². The minimum atomic E-state index is -0.755. The quantitative estimate of drug-likeness (QED) is 0.829. The molecule has 1 saturated carbocycles. The molecule has 3 heteroatoms. The van der Waals surface area contributed by atoms with Crippen LogP contribution in [0, 0.1) is 5.92 Å². The highest BCUT2D eigenvalue weighted by molar-refractivity contribution is 7.85. The van der Waals surface area contributed by atoms with Crippen molar-refractivity contribution in [3.05, 3.63) is 35.4 Å². The lowest BCUT2D eigenvalue weighted by Gasteiger charge is -2.25. The summed E-state index contributed by atoms with van der Waals surface area (Å²) in [6.45, 7) is 4.30. The number of hydrogen-bond donors (Lipinski definition) is 1. The molecule has 2 nitrogen and oxygen atoms in total. The monoisotopic (exact) mass is 307 g/mol. The summed E-state index contributed by atoms with van der Waals surface area (Å²) >= 11 is 0. The van der Waals surface area contributed by atoms with Crippen LogP contribution in [0.1, 0.15) is 56.7 Å². The fraction of sp³-hybridized carbons (Fsp3) is 0.667. The fourth-order valence-corrected chi connectivity index (χ4v) is 5.04. The molecule has 21 heavy (non-hydrogen) atoms. The van der Waals surface area contributed by atoms with Crippen molar-refractivity contribution in [2.75, 3.05) is 12.8 Å². The van der Waals surface area contributed by atoms with Crippen LogP contribution in [-0.4, -0.2) is 22.3 Å². The number of aryl methyl sites for hydroxylation is 1. The first-order chi connectivity index (χ1) is 10.2. The average Bonchev–Trinajstić information content (AvgIpc) is 3.01. The molecule has 1 fully saturated rings. The normalized spacial score (nSPS) is 20.3. The van der Waals surface area contributed by atoms with Crippen LogP contribution in [0.5, 0.6) is 0 Å². The number of benzene rings is 1. The number of rotatable bonds is 7. The summed E-state index contributed by atoms with van der Waals surface area (Å²) in [7, 11) is 1.22. The van der Waals surface area contributed by atoms with Gasteiger partial charge in [-0.3, -0.25) is 4.21 Å². The fourth-order valence-electron chi connectivity index (χ4n) is 3.35. The van der Waals surface area contributed by atoms with Gasteiger partial charge in [-0.1, -0.05) is 44.0 Å². The summed E-state index contributed by atoms with van der Waals surface area (Å²) in [6.07, 6.45) is 6.25. The van der Waals surface area contributed by atoms with Gasteiger partial charge in [0.2, 0.25) is 0 Å². The minimum absolute atomic E-state index is 0.156. The lowest BCUT2D eigenvalue weighted by molar-refractivity contribution is 0.556. The molecular weight excluding hydrogens is 278 g/mol. The maximum atomic E-state index is 12.7. The van der Waals surface area contributed by atoms with E-state index in [1.807, 2.05) is 7.05 Å². The zero-order valence-corrected chi connectivity index (χ0v) is 14.4. The van der Waals surface area contributed by atoms with Gasteiger partial charge < -0.3 is 5.32 Å². The zero-order valence-electron chi connectivity index (χ0n) is 13.6. The summed E-state index contributed by atoms with van der Waals surface area (Å²) in [5, 5.41) is 3.52. The van der Waals surface area contributed by atoms with E-state index in [9.17, 15) is 4.21 Å². The van der Waals surface area contributed by atoms with E-state index in [-0.39, 0.29) is 11.3 Å². The van der Waals surface area contributed by atoms with Crippen molar-refractivity contribution in [3.63, 3.8) is 0 Å². The topological polar surface area (TPSA) is 29.1 Å². The highest BCUT2D eigenvalue weighted by Crippen LogP contribution is 2.28. The van der Waals surface area contributed by atoms with E-state index in [2.05, 4.69) is 43.4 Å². The van der Waals surface area contributed by atoms with Gasteiger partial charge in [-0.05, 0) is 50.3 Å². The van der Waals surface area contributed by atoms with Crippen molar-refractivity contribution >= 4 is 10.8 Å². The first-order valence-corrected chi connectivity index (χ1v) is 9.67. The Morgan fingerprint density at radius 1 is 1.24 bits per heavy atom. The van der Waals surface area contributed by atoms with Crippen LogP contribution in [0.25, 0.3) is 0 Å². The summed E-state index contributed by atoms with van der Waals surface area (Å²) in [5.74, 6) is 1.57. The van der Waals surface area contributed by atoms with Gasteiger partial charge in [0.1, 0.15) is 0 Å². The Morgan fingerprint density at radius 3 is 2.38 bits per heavy atom. The maximum absolute atomic E-state index is 12.7. The van der Waals surface area contributed by atoms with E-state index >= 15 is 0 Å². The minimum Gasteiger partial charge on any atom is -0.312 e. The predicted molar refractivity (Wildman–Crippen MR) is 92.1 cm³/mol. The molecule has 1 aliphatic rings. The van der Waals surface area contributed by atoms with Crippen molar-refractivity contribution in [1.82, 2.24) is 5.32 Å². The van der Waals surface area contributed by atoms with Crippen LogP contribution in [0.2, 0.25) is 0 Å². The molecule has 1 aromatic rings. The average molecular weight is 308 g/mol. The third-order valence-corrected chi connectivity index (χ3v) is 6.72. The smallest absolute Gasteiger partial charge is 0.0514 e. The summed E-state index contributed by atoms with van der Waals surface area (Å²) in [4.78, 5) is 0. The SMILES string of the molecule is CCc1ccc(C(NC)C(C)S(=O)CC2CCCC2)cc1. The standard InChI is InChI=1S/C18H29NOS/c1-4-15-9-11-17(12-10-15)18(19-3)14(2)21(20)13-16-7-5-6-8-16/h9-12,14,16,18-19H,4-8,13H2,1-3H3. The van der Waals surface area contributed by atoms with E-state index in [4.69, 9.17) is 0 Å². The second-order valence-electron chi connectivity index (χ2n) is 6.26. The van der Waals surface area contributed by atoms with Gasteiger partial charge in [-0.2, -0.15) is 0 Å². The molecule has 1 aromatic carbocycles. The van der Waals surface area contributed by atoms with Crippen LogP contribution in [0.3, 0.4) is 0 Å². The molecule has 0 amide bonds. The van der Waals surface area contributed by atoms with Gasteiger partial charge in [0.05, 0.1) is 5.25 Å². The summed E-state index contributed by atoms with van der Waals surface area (Å²) in [5.41, 5.74) is 2.61. The predicted octanol–water partition coefficient (Wildman–Crippen LogP) is 3.84. The first kappa shape index (κ1) is 16.7. The number of hydrogen-bond acceptors (Lipinski definition) is 2. The first-order valence-electron chi connectivity index (χ1n) is 8.29. The molecule has 3 atom stereocenters. The molecule has 0 bridgehead atoms. The lowest BCUT2D eigenvalue weighted by atomic mass is 10.0. The Morgan fingerprint density at radius 2 is 1.86 bits per heavy atom. The van der Waals surface area contributed by atoms with Crippen LogP contribution in [0.4, 0.5) is 0 Å². The van der Waals surface area contributed by atoms with Gasteiger partial charge in [-0.15, -0.1) is 0 Å². The zero-order chi connectivity index (χ0) is 15.2. The van der Waals surface area contributed by atoms with E-state index in [0.29, 0.717) is 5.92 Å². The molecule has 0 heterocycles. The Hall–Kier alpha value is -0.670. The molecule has 0 spiro atoms. The second-order valence-corrected chi connectivity index (χ2v) is 8.10. The van der Waals surface area contributed by atoms with Crippen molar-refractivity contribution in [1.29, 1.82) is 0 Å². The van der Waals surface area contributed by atoms with Crippen LogP contribution in [-0.2, 0) is 17.2 Å². The third kappa shape index (κ3) is 4.40. The van der Waals surface area contributed by atoms with Gasteiger partial charge in [-0.25, -0.2) is 0 Å². The molecule has 118 valence electrons. The van der Waals surface area contributed by atoms with Crippen molar-refractivity contribution < 1.29 is 4.21 Å². The molecule has 1 aliphatic carbocycles. The summed E-state index contributed by atoms with van der Waals surface area (Å²) in [6, 6.07) is 8.92. The van der Waals surface area contributed by atoms with Gasteiger partial charge in [0.25, 0.3) is 0 Å². The van der Waals surface area contributed by atoms with E-state index in [0.717, 1.165) is 12.2 Å². The van der Waals surface area contributed by atoms with E-state index in [1.165, 1.54) is 36.8 Å². The van der Waals surface area contributed by atoms with Crippen LogP contribution >= 0.6 is 0 Å². The molecule has 1 N–H and O–H groups in total. The van der Waals surface area contributed by atoms with E-state index in [1.54, 1.807) is 0 Å². The van der Waals surface area contributed by atoms with Gasteiger partial charge >= 0.3 is 0 Å². The Kier molecular flexibility index (Phi) is 6.43. The Balaban J connectivity index is 2.02. The van der Waals surface area contributed by atoms with Gasteiger partial charge in [0.15, 0.2) is 0 Å². The highest BCUT2D eigenvalue weighted by Gasteiger charge is 2.26. The van der Waals surface area contributed by atoms with E-state index < -0.39 is 10.8 Å².